The van der Waals surface area contributed by atoms with Crippen LogP contribution in [0.5, 0.6) is 0 Å². The minimum atomic E-state index is -0.0563. The van der Waals surface area contributed by atoms with E-state index in [0.717, 1.165) is 42.9 Å². The van der Waals surface area contributed by atoms with Gasteiger partial charge in [0.25, 0.3) is 5.91 Å². The Labute approximate surface area is 165 Å². The van der Waals surface area contributed by atoms with Crippen LogP contribution < -0.4 is 5.32 Å². The maximum Gasteiger partial charge on any atom is 0.253 e. The molecule has 0 spiro atoms. The van der Waals surface area contributed by atoms with Gasteiger partial charge in [0.15, 0.2) is 0 Å². The molecule has 4 rings (SSSR count). The van der Waals surface area contributed by atoms with E-state index in [9.17, 15) is 4.79 Å². The van der Waals surface area contributed by atoms with Gasteiger partial charge in [-0.15, -0.1) is 0 Å². The van der Waals surface area contributed by atoms with Gasteiger partial charge in [-0.2, -0.15) is 0 Å². The number of fused-ring (bicyclic) bond motifs is 1. The van der Waals surface area contributed by atoms with Gasteiger partial charge in [-0.25, -0.2) is 4.98 Å². The third-order valence-electron chi connectivity index (χ3n) is 5.97. The highest BCUT2D eigenvalue weighted by molar-refractivity contribution is 6.36. The molecule has 1 aliphatic carbocycles. The Morgan fingerprint density at radius 3 is 3.04 bits per heavy atom. The number of carbonyl (C=O) groups is 1. The van der Waals surface area contributed by atoms with Gasteiger partial charge < -0.3 is 14.6 Å². The highest BCUT2D eigenvalue weighted by atomic mass is 35.5. The van der Waals surface area contributed by atoms with Crippen LogP contribution in [0.2, 0.25) is 5.02 Å². The maximum atomic E-state index is 12.9. The second-order valence-corrected chi connectivity index (χ2v) is 8.58. The standard InChI is InChI=1S/C21H28ClN3O2/c1-14-4-2-5-15(10-14)11-24-21(26)17-13-25(12-16-6-3-9-27-16)20-19(17)18(22)7-8-23-20/h7-8,13-16H,2-6,9-12H2,1H3,(H,24,26)/t14-,15?,16?/m0/s1. The monoisotopic (exact) mass is 389 g/mol. The van der Waals surface area contributed by atoms with E-state index in [1.54, 1.807) is 12.3 Å². The predicted octanol–water partition coefficient (Wildman–Crippen LogP) is 4.42. The number of halogens is 1. The number of nitrogens with one attached hydrogen (secondary N) is 1. The van der Waals surface area contributed by atoms with Gasteiger partial charge in [0.2, 0.25) is 0 Å². The minimum absolute atomic E-state index is 0.0563. The molecule has 6 heteroatoms. The molecule has 3 heterocycles. The molecule has 1 amide bonds. The molecule has 1 saturated heterocycles. The maximum absolute atomic E-state index is 12.9. The fourth-order valence-corrected chi connectivity index (χ4v) is 4.82. The van der Waals surface area contributed by atoms with Crippen molar-refractivity contribution in [1.29, 1.82) is 0 Å². The van der Waals surface area contributed by atoms with Gasteiger partial charge in [-0.05, 0) is 43.6 Å². The number of carbonyl (C=O) groups excluding carboxylic acids is 1. The van der Waals surface area contributed by atoms with Crippen LogP contribution in [0.15, 0.2) is 18.5 Å². The van der Waals surface area contributed by atoms with Gasteiger partial charge in [-0.3, -0.25) is 4.79 Å². The molecule has 0 radical (unpaired) electrons. The molecular formula is C21H28ClN3O2. The summed E-state index contributed by atoms with van der Waals surface area (Å²) < 4.78 is 7.78. The van der Waals surface area contributed by atoms with Crippen LogP contribution in [0, 0.1) is 11.8 Å². The lowest BCUT2D eigenvalue weighted by molar-refractivity contribution is 0.0935. The Morgan fingerprint density at radius 1 is 1.37 bits per heavy atom. The summed E-state index contributed by atoms with van der Waals surface area (Å²) in [5.74, 6) is 1.28. The molecule has 2 unspecified atom stereocenters. The van der Waals surface area contributed by atoms with Crippen molar-refractivity contribution in [2.24, 2.45) is 11.8 Å². The van der Waals surface area contributed by atoms with Crippen LogP contribution in [-0.2, 0) is 11.3 Å². The molecule has 1 saturated carbocycles. The lowest BCUT2D eigenvalue weighted by Gasteiger charge is -2.26. The van der Waals surface area contributed by atoms with Gasteiger partial charge in [-0.1, -0.05) is 31.4 Å². The summed E-state index contributed by atoms with van der Waals surface area (Å²) >= 11 is 6.44. The fourth-order valence-electron chi connectivity index (χ4n) is 4.57. The van der Waals surface area contributed by atoms with E-state index >= 15 is 0 Å². The van der Waals surface area contributed by atoms with Crippen molar-refractivity contribution in [1.82, 2.24) is 14.9 Å². The zero-order valence-electron chi connectivity index (χ0n) is 15.9. The summed E-state index contributed by atoms with van der Waals surface area (Å²) in [5.41, 5.74) is 1.37. The van der Waals surface area contributed by atoms with Crippen LogP contribution in [0.25, 0.3) is 11.0 Å². The Hall–Kier alpha value is -1.59. The number of ether oxygens (including phenoxy) is 1. The first-order chi connectivity index (χ1) is 13.1. The molecule has 2 aliphatic rings. The van der Waals surface area contributed by atoms with E-state index in [2.05, 4.69) is 17.2 Å². The molecule has 0 bridgehead atoms. The number of rotatable bonds is 5. The number of hydrogen-bond donors (Lipinski definition) is 1. The van der Waals surface area contributed by atoms with E-state index in [0.29, 0.717) is 23.0 Å². The highest BCUT2D eigenvalue weighted by Crippen LogP contribution is 2.30. The van der Waals surface area contributed by atoms with E-state index in [1.807, 2.05) is 10.8 Å². The van der Waals surface area contributed by atoms with Crippen molar-refractivity contribution >= 4 is 28.5 Å². The SMILES string of the molecule is C[C@H]1CCCC(CNC(=O)c2cn(CC3CCCO3)c3nccc(Cl)c23)C1. The second kappa shape index (κ2) is 8.19. The number of nitrogens with zero attached hydrogens (tertiary/aromatic N) is 2. The molecule has 2 fully saturated rings. The Bertz CT molecular complexity index is 813. The van der Waals surface area contributed by atoms with Crippen LogP contribution in [0.3, 0.4) is 0 Å². The molecule has 0 aromatic carbocycles. The van der Waals surface area contributed by atoms with Gasteiger partial charge in [0, 0.05) is 25.5 Å². The van der Waals surface area contributed by atoms with Gasteiger partial charge in [0.05, 0.1) is 28.6 Å². The van der Waals surface area contributed by atoms with Crippen LogP contribution in [0.1, 0.15) is 55.8 Å². The Balaban J connectivity index is 1.53. The first-order valence-electron chi connectivity index (χ1n) is 10.1. The van der Waals surface area contributed by atoms with Crippen molar-refractivity contribution in [2.75, 3.05) is 13.2 Å². The third-order valence-corrected chi connectivity index (χ3v) is 6.29. The molecule has 1 N–H and O–H groups in total. The van der Waals surface area contributed by atoms with Gasteiger partial charge in [0.1, 0.15) is 5.65 Å². The van der Waals surface area contributed by atoms with Crippen molar-refractivity contribution < 1.29 is 9.53 Å². The summed E-state index contributed by atoms with van der Waals surface area (Å²) in [6.45, 7) is 4.56. The first-order valence-corrected chi connectivity index (χ1v) is 10.5. The molecule has 27 heavy (non-hydrogen) atoms. The van der Waals surface area contributed by atoms with Crippen molar-refractivity contribution in [3.63, 3.8) is 0 Å². The molecule has 1 aliphatic heterocycles. The fraction of sp³-hybridized carbons (Fsp3) is 0.619. The number of aromatic nitrogens is 2. The Morgan fingerprint density at radius 2 is 2.26 bits per heavy atom. The van der Waals surface area contributed by atoms with Gasteiger partial charge >= 0.3 is 0 Å². The molecular weight excluding hydrogens is 362 g/mol. The molecule has 3 atom stereocenters. The van der Waals surface area contributed by atoms with Crippen LogP contribution in [-0.4, -0.2) is 34.7 Å². The summed E-state index contributed by atoms with van der Waals surface area (Å²) in [7, 11) is 0. The third kappa shape index (κ3) is 4.14. The van der Waals surface area contributed by atoms with Crippen molar-refractivity contribution in [3.8, 4) is 0 Å². The van der Waals surface area contributed by atoms with Crippen molar-refractivity contribution in [3.05, 3.63) is 29.0 Å². The van der Waals surface area contributed by atoms with E-state index < -0.39 is 0 Å². The summed E-state index contributed by atoms with van der Waals surface area (Å²) in [5, 5.41) is 4.46. The largest absolute Gasteiger partial charge is 0.376 e. The average Bonchev–Trinajstić information content (AvgIpc) is 3.29. The molecule has 2 aromatic heterocycles. The van der Waals surface area contributed by atoms with Crippen molar-refractivity contribution in [2.45, 2.75) is 58.1 Å². The summed E-state index contributed by atoms with van der Waals surface area (Å²) in [6, 6.07) is 1.75. The zero-order chi connectivity index (χ0) is 18.8. The lowest BCUT2D eigenvalue weighted by atomic mass is 9.82. The lowest BCUT2D eigenvalue weighted by Crippen LogP contribution is -2.31. The van der Waals surface area contributed by atoms with Crippen LogP contribution >= 0.6 is 11.6 Å². The number of pyridine rings is 1. The average molecular weight is 390 g/mol. The normalized spacial score (nSPS) is 25.8. The van der Waals surface area contributed by atoms with Crippen LogP contribution in [0.4, 0.5) is 0 Å². The number of amides is 1. The first kappa shape index (κ1) is 18.8. The minimum Gasteiger partial charge on any atom is -0.376 e. The predicted molar refractivity (Wildman–Crippen MR) is 107 cm³/mol. The second-order valence-electron chi connectivity index (χ2n) is 8.17. The smallest absolute Gasteiger partial charge is 0.253 e. The zero-order valence-corrected chi connectivity index (χ0v) is 16.7. The highest BCUT2D eigenvalue weighted by Gasteiger charge is 2.24. The summed E-state index contributed by atoms with van der Waals surface area (Å²) in [6.07, 6.45) is 10.9. The van der Waals surface area contributed by atoms with E-state index in [-0.39, 0.29) is 12.0 Å². The topological polar surface area (TPSA) is 56.2 Å². The Kier molecular flexibility index (Phi) is 5.69. The van der Waals surface area contributed by atoms with E-state index in [4.69, 9.17) is 16.3 Å². The molecule has 146 valence electrons. The quantitative estimate of drug-likeness (QED) is 0.823. The summed E-state index contributed by atoms with van der Waals surface area (Å²) in [4.78, 5) is 17.4. The van der Waals surface area contributed by atoms with E-state index in [1.165, 1.54) is 25.7 Å². The molecule has 5 nitrogen and oxygen atoms in total. The number of hydrogen-bond acceptors (Lipinski definition) is 3. The molecule has 2 aromatic rings.